The summed E-state index contributed by atoms with van der Waals surface area (Å²) < 4.78 is 5.11. The van der Waals surface area contributed by atoms with Crippen LogP contribution in [0.4, 0.5) is 4.79 Å². The number of carbonyl (C=O) groups is 1. The van der Waals surface area contributed by atoms with E-state index < -0.39 is 11.7 Å². The molecule has 136 valence electrons. The monoisotopic (exact) mass is 382 g/mol. The number of nitrogens with one attached hydrogen (secondary N) is 1. The second-order valence-electron chi connectivity index (χ2n) is 6.32. The first kappa shape index (κ1) is 21.3. The van der Waals surface area contributed by atoms with Crippen LogP contribution in [0.25, 0.3) is 0 Å². The molecular weight excluding hydrogens is 359 g/mol. The van der Waals surface area contributed by atoms with Gasteiger partial charge in [-0.05, 0) is 56.2 Å². The highest BCUT2D eigenvalue weighted by Crippen LogP contribution is 2.11. The van der Waals surface area contributed by atoms with Gasteiger partial charge in [-0.15, -0.1) is 0 Å². The number of ether oxygens (including phenoxy) is 1. The molecule has 0 saturated heterocycles. The summed E-state index contributed by atoms with van der Waals surface area (Å²) in [7, 11) is 0. The Morgan fingerprint density at radius 1 is 1.04 bits per heavy atom. The lowest BCUT2D eigenvalue weighted by atomic mass is 10.2. The second-order valence-corrected chi connectivity index (χ2v) is 7.19. The molecule has 0 aromatic heterocycles. The van der Waals surface area contributed by atoms with Gasteiger partial charge < -0.3 is 15.8 Å². The zero-order chi connectivity index (χ0) is 18.9. The Labute approximate surface area is 159 Å². The van der Waals surface area contributed by atoms with Crippen LogP contribution in [0.2, 0.25) is 10.0 Å². The van der Waals surface area contributed by atoms with Crippen LogP contribution in [0.1, 0.15) is 31.9 Å². The molecule has 4 nitrogen and oxygen atoms in total. The number of rotatable bonds is 3. The highest BCUT2D eigenvalue weighted by atomic mass is 35.5. The number of halogens is 2. The molecular formula is C19H24Cl2N2O2. The summed E-state index contributed by atoms with van der Waals surface area (Å²) in [4.78, 5) is 11.4. The van der Waals surface area contributed by atoms with Gasteiger partial charge in [-0.2, -0.15) is 0 Å². The zero-order valence-corrected chi connectivity index (χ0v) is 16.2. The number of carbonyl (C=O) groups excluding carboxylic acids is 1. The van der Waals surface area contributed by atoms with E-state index in [0.717, 1.165) is 16.1 Å². The molecule has 0 heterocycles. The van der Waals surface area contributed by atoms with Crippen LogP contribution in [0.5, 0.6) is 0 Å². The lowest BCUT2D eigenvalue weighted by Crippen LogP contribution is -2.32. The summed E-state index contributed by atoms with van der Waals surface area (Å²) in [5, 5.41) is 4.07. The third-order valence-corrected chi connectivity index (χ3v) is 3.32. The fourth-order valence-corrected chi connectivity index (χ4v) is 2.23. The van der Waals surface area contributed by atoms with Gasteiger partial charge in [0.15, 0.2) is 0 Å². The molecule has 0 aliphatic carbocycles. The molecule has 2 rings (SSSR count). The number of amides is 1. The number of nitrogens with two attached hydrogens (primary N) is 1. The van der Waals surface area contributed by atoms with Crippen LogP contribution in [0, 0.1) is 0 Å². The van der Waals surface area contributed by atoms with Crippen molar-refractivity contribution in [3.05, 3.63) is 69.7 Å². The maximum atomic E-state index is 11.4. The van der Waals surface area contributed by atoms with Crippen LogP contribution in [0.15, 0.2) is 48.5 Å². The first-order chi connectivity index (χ1) is 11.7. The Hall–Kier alpha value is -1.75. The zero-order valence-electron chi connectivity index (χ0n) is 14.7. The molecule has 25 heavy (non-hydrogen) atoms. The van der Waals surface area contributed by atoms with E-state index in [1.165, 1.54) is 0 Å². The van der Waals surface area contributed by atoms with Crippen molar-refractivity contribution in [3.63, 3.8) is 0 Å². The highest BCUT2D eigenvalue weighted by Gasteiger charge is 2.15. The number of alkyl carbamates (subject to hydrolysis) is 1. The van der Waals surface area contributed by atoms with Crippen LogP contribution in [-0.4, -0.2) is 11.7 Å². The van der Waals surface area contributed by atoms with Crippen molar-refractivity contribution >= 4 is 29.3 Å². The van der Waals surface area contributed by atoms with Crippen molar-refractivity contribution in [1.82, 2.24) is 5.32 Å². The average molecular weight is 383 g/mol. The molecule has 3 N–H and O–H groups in total. The Morgan fingerprint density at radius 2 is 1.56 bits per heavy atom. The standard InChI is InChI=1S/C12H16ClNO2.C7H8ClN/c1-12(2,3)16-11(15)14-8-9-5-4-6-10(13)7-9;8-7-3-1-2-6(4-7)5-9/h4-7H,8H2,1-3H3,(H,14,15);1-4H,5,9H2. The number of hydrogen-bond donors (Lipinski definition) is 2. The topological polar surface area (TPSA) is 64.3 Å². The molecule has 0 unspecified atom stereocenters. The highest BCUT2D eigenvalue weighted by molar-refractivity contribution is 6.30. The van der Waals surface area contributed by atoms with Gasteiger partial charge in [0.2, 0.25) is 0 Å². The van der Waals surface area contributed by atoms with E-state index in [0.29, 0.717) is 18.1 Å². The fourth-order valence-electron chi connectivity index (χ4n) is 1.80. The lowest BCUT2D eigenvalue weighted by Gasteiger charge is -2.19. The largest absolute Gasteiger partial charge is 0.444 e. The van der Waals surface area contributed by atoms with Crippen molar-refractivity contribution in [2.24, 2.45) is 5.73 Å². The Balaban J connectivity index is 0.000000293. The third-order valence-electron chi connectivity index (χ3n) is 2.85. The molecule has 0 saturated carbocycles. The maximum Gasteiger partial charge on any atom is 0.407 e. The van der Waals surface area contributed by atoms with Gasteiger partial charge in [0, 0.05) is 23.1 Å². The third kappa shape index (κ3) is 9.97. The number of benzene rings is 2. The Kier molecular flexibility index (Phi) is 8.76. The lowest BCUT2D eigenvalue weighted by molar-refractivity contribution is 0.0523. The molecule has 6 heteroatoms. The first-order valence-corrected chi connectivity index (χ1v) is 8.61. The summed E-state index contributed by atoms with van der Waals surface area (Å²) >= 11 is 11.5. The summed E-state index contributed by atoms with van der Waals surface area (Å²) in [6.45, 7) is 6.44. The Morgan fingerprint density at radius 3 is 2.00 bits per heavy atom. The SMILES string of the molecule is CC(C)(C)OC(=O)NCc1cccc(Cl)c1.NCc1cccc(Cl)c1. The van der Waals surface area contributed by atoms with E-state index in [2.05, 4.69) is 5.32 Å². The Bertz CT molecular complexity index is 685. The molecule has 0 spiro atoms. The molecule has 0 fully saturated rings. The van der Waals surface area contributed by atoms with Gasteiger partial charge in [0.25, 0.3) is 0 Å². The predicted molar refractivity (Wildman–Crippen MR) is 104 cm³/mol. The minimum atomic E-state index is -0.474. The summed E-state index contributed by atoms with van der Waals surface area (Å²) in [6.07, 6.45) is -0.424. The van der Waals surface area contributed by atoms with Gasteiger partial charge in [0.1, 0.15) is 5.60 Å². The van der Waals surface area contributed by atoms with E-state index in [9.17, 15) is 4.79 Å². The van der Waals surface area contributed by atoms with Gasteiger partial charge in [0.05, 0.1) is 0 Å². The molecule has 0 bridgehead atoms. The van der Waals surface area contributed by atoms with Crippen molar-refractivity contribution in [1.29, 1.82) is 0 Å². The van der Waals surface area contributed by atoms with Crippen molar-refractivity contribution < 1.29 is 9.53 Å². The first-order valence-electron chi connectivity index (χ1n) is 7.85. The smallest absolute Gasteiger partial charge is 0.407 e. The number of hydrogen-bond acceptors (Lipinski definition) is 3. The predicted octanol–water partition coefficient (Wildman–Crippen LogP) is 5.16. The van der Waals surface area contributed by atoms with Crippen molar-refractivity contribution in [3.8, 4) is 0 Å². The van der Waals surface area contributed by atoms with E-state index in [4.69, 9.17) is 33.7 Å². The van der Waals surface area contributed by atoms with Crippen molar-refractivity contribution in [2.75, 3.05) is 0 Å². The molecule has 0 atom stereocenters. The summed E-state index contributed by atoms with van der Waals surface area (Å²) in [6, 6.07) is 14.9. The van der Waals surface area contributed by atoms with E-state index >= 15 is 0 Å². The van der Waals surface area contributed by atoms with Crippen LogP contribution in [-0.2, 0) is 17.8 Å². The average Bonchev–Trinajstić information content (AvgIpc) is 2.52. The van der Waals surface area contributed by atoms with Crippen LogP contribution < -0.4 is 11.1 Å². The molecule has 1 amide bonds. The van der Waals surface area contributed by atoms with Gasteiger partial charge in [-0.25, -0.2) is 4.79 Å². The fraction of sp³-hybridized carbons (Fsp3) is 0.316. The maximum absolute atomic E-state index is 11.4. The van der Waals surface area contributed by atoms with Crippen LogP contribution >= 0.6 is 23.2 Å². The minimum Gasteiger partial charge on any atom is -0.444 e. The molecule has 0 aliphatic heterocycles. The van der Waals surface area contributed by atoms with Crippen LogP contribution in [0.3, 0.4) is 0 Å². The van der Waals surface area contributed by atoms with Gasteiger partial charge >= 0.3 is 6.09 Å². The molecule has 0 radical (unpaired) electrons. The van der Waals surface area contributed by atoms with E-state index in [-0.39, 0.29) is 0 Å². The summed E-state index contributed by atoms with van der Waals surface area (Å²) in [5.41, 5.74) is 6.90. The minimum absolute atomic E-state index is 0.412. The second kappa shape index (κ2) is 10.3. The normalized spacial score (nSPS) is 10.5. The van der Waals surface area contributed by atoms with E-state index in [1.807, 2.05) is 57.2 Å². The van der Waals surface area contributed by atoms with E-state index in [1.54, 1.807) is 12.1 Å². The van der Waals surface area contributed by atoms with Gasteiger partial charge in [-0.3, -0.25) is 0 Å². The molecule has 2 aromatic carbocycles. The summed E-state index contributed by atoms with van der Waals surface area (Å²) in [5.74, 6) is 0. The van der Waals surface area contributed by atoms with Gasteiger partial charge in [-0.1, -0.05) is 47.5 Å². The van der Waals surface area contributed by atoms with Crippen molar-refractivity contribution in [2.45, 2.75) is 39.5 Å². The molecule has 2 aromatic rings. The quantitative estimate of drug-likeness (QED) is 0.769. The molecule has 0 aliphatic rings.